The smallest absolute Gasteiger partial charge is 0.162 e. The van der Waals surface area contributed by atoms with E-state index >= 15 is 0 Å². The molecule has 4 heteroatoms. The Kier molecular flexibility index (Phi) is 8.06. The Bertz CT molecular complexity index is 926. The monoisotopic (exact) mass is 464 g/mol. The van der Waals surface area contributed by atoms with Crippen LogP contribution in [0.2, 0.25) is 0 Å². The number of hydrogen-bond acceptors (Lipinski definition) is 3. The second-order valence-corrected chi connectivity index (χ2v) is 11.2. The van der Waals surface area contributed by atoms with Gasteiger partial charge in [-0.15, -0.1) is 0 Å². The molecule has 0 radical (unpaired) electrons. The summed E-state index contributed by atoms with van der Waals surface area (Å²) in [6.45, 7) is 0.198. The molecule has 2 aliphatic heterocycles. The van der Waals surface area contributed by atoms with Gasteiger partial charge in [-0.25, -0.2) is 0 Å². The SMILES string of the molecule is COCC(=O)Cc1cn(C2CC3CCCC(C2)N3C2CCCCCCCCC2)c2ccccc12. The molecule has 2 unspecified atom stereocenters. The maximum absolute atomic E-state index is 12.4. The first-order valence-electron chi connectivity index (χ1n) is 14.1. The minimum atomic E-state index is 0.160. The lowest BCUT2D eigenvalue weighted by Crippen LogP contribution is -2.56. The third kappa shape index (κ3) is 5.28. The van der Waals surface area contributed by atoms with Crippen LogP contribution in [-0.4, -0.2) is 47.1 Å². The van der Waals surface area contributed by atoms with E-state index in [0.717, 1.165) is 23.7 Å². The van der Waals surface area contributed by atoms with Crippen LogP contribution < -0.4 is 0 Å². The van der Waals surface area contributed by atoms with Crippen molar-refractivity contribution >= 4 is 16.7 Å². The van der Waals surface area contributed by atoms with Crippen molar-refractivity contribution in [3.05, 3.63) is 36.0 Å². The number of piperidine rings is 2. The van der Waals surface area contributed by atoms with E-state index in [1.165, 1.54) is 101 Å². The van der Waals surface area contributed by atoms with E-state index < -0.39 is 0 Å². The number of para-hydroxylation sites is 1. The van der Waals surface area contributed by atoms with Crippen molar-refractivity contribution in [2.45, 2.75) is 120 Å². The molecule has 1 saturated carbocycles. The molecule has 5 rings (SSSR count). The molecule has 4 nitrogen and oxygen atoms in total. The number of nitrogens with zero attached hydrogens (tertiary/aromatic N) is 2. The summed E-state index contributed by atoms with van der Waals surface area (Å²) in [6.07, 6.45) is 22.3. The van der Waals surface area contributed by atoms with Gasteiger partial charge < -0.3 is 9.30 Å². The second kappa shape index (κ2) is 11.4. The minimum Gasteiger partial charge on any atom is -0.377 e. The molecular weight excluding hydrogens is 420 g/mol. The fourth-order valence-corrected chi connectivity index (χ4v) is 7.44. The first kappa shape index (κ1) is 24.1. The zero-order chi connectivity index (χ0) is 23.3. The highest BCUT2D eigenvalue weighted by Gasteiger charge is 2.42. The van der Waals surface area contributed by atoms with Crippen molar-refractivity contribution in [2.75, 3.05) is 13.7 Å². The zero-order valence-corrected chi connectivity index (χ0v) is 21.2. The summed E-state index contributed by atoms with van der Waals surface area (Å²) in [5.41, 5.74) is 2.47. The van der Waals surface area contributed by atoms with Crippen LogP contribution in [0.4, 0.5) is 0 Å². The average molecular weight is 465 g/mol. The number of hydrogen-bond donors (Lipinski definition) is 0. The van der Waals surface area contributed by atoms with Crippen molar-refractivity contribution in [3.8, 4) is 0 Å². The van der Waals surface area contributed by atoms with Gasteiger partial charge in [0.05, 0.1) is 0 Å². The van der Waals surface area contributed by atoms with Gasteiger partial charge >= 0.3 is 0 Å². The number of ether oxygens (including phenoxy) is 1. The van der Waals surface area contributed by atoms with Gasteiger partial charge in [0.15, 0.2) is 5.78 Å². The van der Waals surface area contributed by atoms with Crippen LogP contribution in [0.5, 0.6) is 0 Å². The first-order valence-corrected chi connectivity index (χ1v) is 14.1. The van der Waals surface area contributed by atoms with Crippen molar-refractivity contribution in [3.63, 3.8) is 0 Å². The van der Waals surface area contributed by atoms with E-state index in [-0.39, 0.29) is 12.4 Å². The number of ketones is 1. The maximum atomic E-state index is 12.4. The van der Waals surface area contributed by atoms with Crippen LogP contribution in [0.25, 0.3) is 10.9 Å². The lowest BCUT2D eigenvalue weighted by atomic mass is 9.79. The van der Waals surface area contributed by atoms with Crippen LogP contribution in [0.1, 0.15) is 101 Å². The highest BCUT2D eigenvalue weighted by atomic mass is 16.5. The number of aromatic nitrogens is 1. The molecule has 3 fully saturated rings. The molecule has 186 valence electrons. The predicted octanol–water partition coefficient (Wildman–Crippen LogP) is 6.85. The highest BCUT2D eigenvalue weighted by molar-refractivity contribution is 5.90. The molecule has 2 saturated heterocycles. The molecule has 0 spiro atoms. The normalized spacial score (nSPS) is 27.6. The van der Waals surface area contributed by atoms with Crippen LogP contribution in [-0.2, 0) is 16.0 Å². The standard InChI is InChI=1S/C30H44N2O2/c1-34-22-28(33)18-23-21-31(30-17-10-9-16-29(23)30)27-19-25-14-11-15-26(20-27)32(25)24-12-7-5-3-2-4-6-8-13-24/h9-10,16-17,21,24-27H,2-8,11-15,18-20,22H2,1H3. The minimum absolute atomic E-state index is 0.160. The first-order chi connectivity index (χ1) is 16.7. The summed E-state index contributed by atoms with van der Waals surface area (Å²) in [5.74, 6) is 0.160. The maximum Gasteiger partial charge on any atom is 0.162 e. The number of Topliss-reactive ketones (excluding diaryl/α,β-unsaturated/α-hetero) is 1. The molecule has 3 heterocycles. The number of rotatable bonds is 6. The molecule has 2 atom stereocenters. The lowest BCUT2D eigenvalue weighted by molar-refractivity contribution is -0.121. The van der Waals surface area contributed by atoms with Crippen molar-refractivity contribution in [1.82, 2.24) is 9.47 Å². The quantitative estimate of drug-likeness (QED) is 0.469. The Morgan fingerprint density at radius 2 is 1.44 bits per heavy atom. The Hall–Kier alpha value is -1.65. The summed E-state index contributed by atoms with van der Waals surface area (Å²) < 4.78 is 7.64. The third-order valence-corrected chi connectivity index (χ3v) is 8.91. The summed E-state index contributed by atoms with van der Waals surface area (Å²) in [4.78, 5) is 15.4. The molecular formula is C30H44N2O2. The third-order valence-electron chi connectivity index (χ3n) is 8.91. The van der Waals surface area contributed by atoms with Crippen molar-refractivity contribution in [1.29, 1.82) is 0 Å². The summed E-state index contributed by atoms with van der Waals surface area (Å²) in [5, 5.41) is 1.24. The van der Waals surface area contributed by atoms with Crippen molar-refractivity contribution in [2.24, 2.45) is 0 Å². The number of benzene rings is 1. The zero-order valence-electron chi connectivity index (χ0n) is 21.2. The number of carbonyl (C=O) groups excluding carboxylic acids is 1. The molecule has 0 N–H and O–H groups in total. The largest absolute Gasteiger partial charge is 0.377 e. The molecule has 1 aromatic heterocycles. The Morgan fingerprint density at radius 1 is 0.824 bits per heavy atom. The number of carbonyl (C=O) groups is 1. The number of fused-ring (bicyclic) bond motifs is 3. The van der Waals surface area contributed by atoms with Gasteiger partial charge in [-0.3, -0.25) is 9.69 Å². The molecule has 1 aromatic carbocycles. The van der Waals surface area contributed by atoms with Gasteiger partial charge in [-0.1, -0.05) is 69.6 Å². The molecule has 0 amide bonds. The fourth-order valence-electron chi connectivity index (χ4n) is 7.44. The topological polar surface area (TPSA) is 34.5 Å². The van der Waals surface area contributed by atoms with Gasteiger partial charge in [0.1, 0.15) is 6.61 Å². The van der Waals surface area contributed by atoms with E-state index in [1.54, 1.807) is 7.11 Å². The average Bonchev–Trinajstić information content (AvgIpc) is 3.20. The van der Waals surface area contributed by atoms with Gasteiger partial charge in [0.25, 0.3) is 0 Å². The summed E-state index contributed by atoms with van der Waals surface area (Å²) >= 11 is 0. The molecule has 1 aliphatic carbocycles. The molecule has 2 aromatic rings. The van der Waals surface area contributed by atoms with Crippen LogP contribution in [0.3, 0.4) is 0 Å². The fraction of sp³-hybridized carbons (Fsp3) is 0.700. The number of methoxy groups -OCH3 is 1. The van der Waals surface area contributed by atoms with Gasteiger partial charge in [0.2, 0.25) is 0 Å². The second-order valence-electron chi connectivity index (χ2n) is 11.2. The van der Waals surface area contributed by atoms with E-state index in [4.69, 9.17) is 4.74 Å². The van der Waals surface area contributed by atoms with Crippen LogP contribution in [0.15, 0.2) is 30.5 Å². The van der Waals surface area contributed by atoms with Crippen LogP contribution >= 0.6 is 0 Å². The Labute approximate surface area is 206 Å². The van der Waals surface area contributed by atoms with E-state index in [0.29, 0.717) is 12.5 Å². The van der Waals surface area contributed by atoms with E-state index in [9.17, 15) is 4.79 Å². The van der Waals surface area contributed by atoms with E-state index in [2.05, 4.69) is 39.9 Å². The lowest BCUT2D eigenvalue weighted by Gasteiger charge is -2.53. The highest BCUT2D eigenvalue weighted by Crippen LogP contribution is 2.43. The predicted molar refractivity (Wildman–Crippen MR) is 139 cm³/mol. The Balaban J connectivity index is 1.36. The van der Waals surface area contributed by atoms with Gasteiger partial charge in [-0.05, 0) is 50.2 Å². The van der Waals surface area contributed by atoms with E-state index in [1.807, 2.05) is 0 Å². The van der Waals surface area contributed by atoms with Crippen molar-refractivity contribution < 1.29 is 9.53 Å². The molecule has 34 heavy (non-hydrogen) atoms. The summed E-state index contributed by atoms with van der Waals surface area (Å²) in [7, 11) is 1.60. The van der Waals surface area contributed by atoms with Gasteiger partial charge in [-0.2, -0.15) is 0 Å². The van der Waals surface area contributed by atoms with Gasteiger partial charge in [0, 0.05) is 54.8 Å². The molecule has 2 bridgehead atoms. The van der Waals surface area contributed by atoms with Crippen LogP contribution in [0, 0.1) is 0 Å². The molecule has 3 aliphatic rings. The summed E-state index contributed by atoms with van der Waals surface area (Å²) in [6, 6.07) is 11.5. The Morgan fingerprint density at radius 3 is 2.12 bits per heavy atom.